The number of thiophene rings is 1. The molecule has 4 aromatic carbocycles. The maximum Gasteiger partial charge on any atom is 0.115 e. The molecule has 7 aromatic rings. The van der Waals surface area contributed by atoms with Crippen LogP contribution in [0.4, 0.5) is 11.4 Å². The second-order valence-corrected chi connectivity index (χ2v) is 13.3. The van der Waals surface area contributed by atoms with E-state index in [2.05, 4.69) is 113 Å². The Morgan fingerprint density at radius 2 is 1.51 bits per heavy atom. The summed E-state index contributed by atoms with van der Waals surface area (Å²) < 4.78 is 5.13. The Hall–Kier alpha value is -4.22. The Bertz CT molecular complexity index is 2170. The van der Waals surface area contributed by atoms with E-state index in [9.17, 15) is 0 Å². The van der Waals surface area contributed by atoms with E-state index >= 15 is 0 Å². The number of rotatable bonds is 2. The van der Waals surface area contributed by atoms with Crippen molar-refractivity contribution >= 4 is 64.7 Å². The molecular weight excluding hydrogens is 520 g/mol. The molecule has 1 aliphatic carbocycles. The van der Waals surface area contributed by atoms with Gasteiger partial charge in [-0.25, -0.2) is 9.97 Å². The van der Waals surface area contributed by atoms with Crippen LogP contribution in [0.2, 0.25) is 0 Å². The third kappa shape index (κ3) is 2.94. The van der Waals surface area contributed by atoms with Crippen molar-refractivity contribution in [2.45, 2.75) is 50.5 Å². The van der Waals surface area contributed by atoms with Crippen molar-refractivity contribution in [2.24, 2.45) is 0 Å². The summed E-state index contributed by atoms with van der Waals surface area (Å²) in [5.41, 5.74) is 7.26. The average Bonchev–Trinajstić information content (AvgIpc) is 3.61. The zero-order valence-corrected chi connectivity index (χ0v) is 24.1. The van der Waals surface area contributed by atoms with Crippen LogP contribution in [0.15, 0.2) is 97.5 Å². The van der Waals surface area contributed by atoms with Gasteiger partial charge in [-0.05, 0) is 62.2 Å². The van der Waals surface area contributed by atoms with Crippen LogP contribution in [-0.4, -0.2) is 20.1 Å². The average molecular weight is 551 g/mol. The van der Waals surface area contributed by atoms with Crippen molar-refractivity contribution in [3.63, 3.8) is 0 Å². The lowest BCUT2D eigenvalue weighted by Gasteiger charge is -2.49. The molecule has 200 valence electrons. The molecule has 0 amide bonds. The van der Waals surface area contributed by atoms with Crippen LogP contribution in [-0.2, 0) is 5.41 Å². The van der Waals surface area contributed by atoms with Gasteiger partial charge in [0, 0.05) is 42.0 Å². The molecule has 1 aliphatic heterocycles. The number of benzene rings is 4. The van der Waals surface area contributed by atoms with Gasteiger partial charge in [-0.1, -0.05) is 62.2 Å². The summed E-state index contributed by atoms with van der Waals surface area (Å²) >= 11 is 1.87. The maximum atomic E-state index is 4.89. The molecule has 41 heavy (non-hydrogen) atoms. The minimum absolute atomic E-state index is 0.00211. The number of fused-ring (bicyclic) bond motifs is 9. The van der Waals surface area contributed by atoms with Gasteiger partial charge in [-0.15, -0.1) is 11.3 Å². The van der Waals surface area contributed by atoms with Gasteiger partial charge in [0.2, 0.25) is 0 Å². The maximum absolute atomic E-state index is 4.89. The minimum Gasteiger partial charge on any atom is -0.332 e. The van der Waals surface area contributed by atoms with Crippen LogP contribution in [0.3, 0.4) is 0 Å². The molecule has 3 aromatic heterocycles. The molecule has 0 saturated heterocycles. The van der Waals surface area contributed by atoms with Gasteiger partial charge in [0.15, 0.2) is 0 Å². The Morgan fingerprint density at radius 1 is 0.732 bits per heavy atom. The molecule has 9 rings (SSSR count). The van der Waals surface area contributed by atoms with Crippen molar-refractivity contribution in [1.82, 2.24) is 14.5 Å². The van der Waals surface area contributed by atoms with Crippen molar-refractivity contribution in [2.75, 3.05) is 4.90 Å². The first kappa shape index (κ1) is 23.5. The highest BCUT2D eigenvalue weighted by atomic mass is 32.1. The van der Waals surface area contributed by atoms with Crippen LogP contribution in [0.1, 0.15) is 45.2 Å². The minimum atomic E-state index is -0.0448. The topological polar surface area (TPSA) is 34.0 Å². The first-order valence-corrected chi connectivity index (χ1v) is 15.4. The predicted molar refractivity (Wildman–Crippen MR) is 172 cm³/mol. The van der Waals surface area contributed by atoms with Crippen LogP contribution < -0.4 is 4.90 Å². The van der Waals surface area contributed by atoms with Crippen molar-refractivity contribution in [3.8, 4) is 5.69 Å². The zero-order valence-electron chi connectivity index (χ0n) is 23.3. The lowest BCUT2D eigenvalue weighted by atomic mass is 9.63. The third-order valence-electron chi connectivity index (χ3n) is 10.3. The fraction of sp³-hybridized carbons (Fsp3) is 0.222. The van der Waals surface area contributed by atoms with Gasteiger partial charge in [0.1, 0.15) is 6.33 Å². The van der Waals surface area contributed by atoms with E-state index in [1.807, 2.05) is 17.5 Å². The summed E-state index contributed by atoms with van der Waals surface area (Å²) in [6, 6.07) is 31.5. The lowest BCUT2D eigenvalue weighted by Crippen LogP contribution is -2.54. The fourth-order valence-electron chi connectivity index (χ4n) is 8.13. The zero-order chi connectivity index (χ0) is 27.3. The van der Waals surface area contributed by atoms with E-state index in [0.29, 0.717) is 0 Å². The molecule has 2 unspecified atom stereocenters. The van der Waals surface area contributed by atoms with Crippen molar-refractivity contribution in [3.05, 3.63) is 103 Å². The first-order chi connectivity index (χ1) is 20.1. The highest BCUT2D eigenvalue weighted by molar-refractivity contribution is 7.25. The molecule has 0 N–H and O–H groups in total. The predicted octanol–water partition coefficient (Wildman–Crippen LogP) is 9.68. The molecule has 0 bridgehead atoms. The molecule has 1 saturated carbocycles. The molecule has 4 nitrogen and oxygen atoms in total. The van der Waals surface area contributed by atoms with E-state index in [-0.39, 0.29) is 11.0 Å². The molecule has 2 aliphatic rings. The van der Waals surface area contributed by atoms with E-state index in [0.717, 1.165) is 18.5 Å². The molecule has 0 radical (unpaired) electrons. The molecule has 0 spiro atoms. The highest BCUT2D eigenvalue weighted by Crippen LogP contribution is 2.60. The van der Waals surface area contributed by atoms with Crippen molar-refractivity contribution < 1.29 is 0 Å². The first-order valence-electron chi connectivity index (χ1n) is 14.6. The Labute approximate surface area is 242 Å². The number of aromatic nitrogens is 3. The van der Waals surface area contributed by atoms with E-state index < -0.39 is 0 Å². The van der Waals surface area contributed by atoms with E-state index in [4.69, 9.17) is 4.98 Å². The van der Waals surface area contributed by atoms with E-state index in [1.54, 1.807) is 6.33 Å². The molecule has 2 atom stereocenters. The lowest BCUT2D eigenvalue weighted by molar-refractivity contribution is 0.191. The third-order valence-corrected chi connectivity index (χ3v) is 11.4. The second kappa shape index (κ2) is 8.17. The van der Waals surface area contributed by atoms with Crippen LogP contribution in [0.25, 0.3) is 47.7 Å². The normalized spacial score (nSPS) is 22.1. The molecule has 4 heterocycles. The fourth-order valence-corrected chi connectivity index (χ4v) is 9.25. The molecule has 1 fully saturated rings. The molecular formula is C36H30N4S. The van der Waals surface area contributed by atoms with Gasteiger partial charge in [-0.2, -0.15) is 0 Å². The summed E-state index contributed by atoms with van der Waals surface area (Å²) in [5, 5.41) is 5.21. The Kier molecular flexibility index (Phi) is 4.68. The summed E-state index contributed by atoms with van der Waals surface area (Å²) in [6.07, 6.45) is 8.56. The number of hydrogen-bond donors (Lipinski definition) is 0. The largest absolute Gasteiger partial charge is 0.332 e. The van der Waals surface area contributed by atoms with Crippen molar-refractivity contribution in [1.29, 1.82) is 0 Å². The smallest absolute Gasteiger partial charge is 0.115 e. The number of para-hydroxylation sites is 1. The van der Waals surface area contributed by atoms with Gasteiger partial charge >= 0.3 is 0 Å². The summed E-state index contributed by atoms with van der Waals surface area (Å²) in [6.45, 7) is 4.87. The van der Waals surface area contributed by atoms with Crippen LogP contribution in [0, 0.1) is 0 Å². The van der Waals surface area contributed by atoms with Crippen LogP contribution in [0.5, 0.6) is 0 Å². The second-order valence-electron chi connectivity index (χ2n) is 12.2. The van der Waals surface area contributed by atoms with Gasteiger partial charge in [0.05, 0.1) is 39.8 Å². The molecule has 5 heteroatoms. The Balaban J connectivity index is 1.32. The van der Waals surface area contributed by atoms with Gasteiger partial charge in [0.25, 0.3) is 0 Å². The quantitative estimate of drug-likeness (QED) is 0.215. The summed E-state index contributed by atoms with van der Waals surface area (Å²) in [5.74, 6) is 0. The Morgan fingerprint density at radius 3 is 2.44 bits per heavy atom. The summed E-state index contributed by atoms with van der Waals surface area (Å²) in [7, 11) is 0. The highest BCUT2D eigenvalue weighted by Gasteiger charge is 2.58. The van der Waals surface area contributed by atoms with Gasteiger partial charge < -0.3 is 9.47 Å². The SMILES string of the molecule is CC12CCCCC1(C)N(c1ccc3c(c1)c1ccccc1n3-c1cccc3sc4ccccc4c13)c1cncnc12. The summed E-state index contributed by atoms with van der Waals surface area (Å²) in [4.78, 5) is 12.0. The number of nitrogens with zero attached hydrogens (tertiary/aromatic N) is 4. The number of hydrogen-bond acceptors (Lipinski definition) is 4. The van der Waals surface area contributed by atoms with Crippen LogP contribution >= 0.6 is 11.3 Å². The number of anilines is 2. The monoisotopic (exact) mass is 550 g/mol. The van der Waals surface area contributed by atoms with E-state index in [1.165, 1.54) is 71.9 Å². The standard InChI is InChI=1S/C36H30N4S/c1-35-18-7-8-19-36(35,2)40(30-21-37-22-38-34(30)35)23-16-17-28-26(20-23)24-10-3-5-12-27(24)39(28)29-13-9-15-32-33(29)25-11-4-6-14-31(25)41-32/h3-6,9-17,20-22H,7-8,18-19H2,1-2H3. The van der Waals surface area contributed by atoms with Gasteiger partial charge in [-0.3, -0.25) is 0 Å².